The predicted molar refractivity (Wildman–Crippen MR) is 70.5 cm³/mol. The van der Waals surface area contributed by atoms with E-state index in [1.165, 1.54) is 42.3 Å². The molecule has 1 N–H and O–H groups in total. The van der Waals surface area contributed by atoms with Crippen LogP contribution in [0, 0.1) is 0 Å². The monoisotopic (exact) mass is 300 g/mol. The second-order valence-electron chi connectivity index (χ2n) is 4.56. The van der Waals surface area contributed by atoms with E-state index in [2.05, 4.69) is 4.98 Å². The number of hydrogen-bond donors (Lipinski definition) is 1. The number of alkyl halides is 3. The van der Waals surface area contributed by atoms with Crippen molar-refractivity contribution >= 4 is 0 Å². The smallest absolute Gasteiger partial charge is 0.389 e. The molecule has 21 heavy (non-hydrogen) atoms. The van der Waals surface area contributed by atoms with Crippen molar-refractivity contribution in [1.82, 2.24) is 9.55 Å². The van der Waals surface area contributed by atoms with Crippen molar-refractivity contribution in [3.8, 4) is 11.4 Å². The van der Waals surface area contributed by atoms with E-state index < -0.39 is 17.8 Å². The van der Waals surface area contributed by atoms with E-state index in [1.807, 2.05) is 0 Å². The number of aromatic nitrogens is 2. The Morgan fingerprint density at radius 1 is 1.33 bits per heavy atom. The molecule has 1 aromatic heterocycles. The molecule has 0 unspecified atom stereocenters. The van der Waals surface area contributed by atoms with Crippen LogP contribution in [0.25, 0.3) is 11.4 Å². The summed E-state index contributed by atoms with van der Waals surface area (Å²) < 4.78 is 45.4. The predicted octanol–water partition coefficient (Wildman–Crippen LogP) is 2.58. The number of hydrogen-bond acceptors (Lipinski definition) is 3. The van der Waals surface area contributed by atoms with Crippen molar-refractivity contribution in [2.24, 2.45) is 0 Å². The highest BCUT2D eigenvalue weighted by Crippen LogP contribution is 2.36. The summed E-state index contributed by atoms with van der Waals surface area (Å²) in [5.74, 6) is 0.165. The highest BCUT2D eigenvalue weighted by Gasteiger charge is 2.34. The fourth-order valence-corrected chi connectivity index (χ4v) is 2.10. The first-order valence-electron chi connectivity index (χ1n) is 6.28. The SMILES string of the molecule is COC[C@H](O)Cn1ccnc1-c1ccccc1C(F)(F)F. The highest BCUT2D eigenvalue weighted by atomic mass is 19.4. The third-order valence-corrected chi connectivity index (χ3v) is 2.96. The van der Waals surface area contributed by atoms with Gasteiger partial charge in [0.2, 0.25) is 0 Å². The molecule has 114 valence electrons. The summed E-state index contributed by atoms with van der Waals surface area (Å²) in [4.78, 5) is 3.98. The molecule has 0 amide bonds. The summed E-state index contributed by atoms with van der Waals surface area (Å²) in [6.45, 7) is 0.202. The molecule has 4 nitrogen and oxygen atoms in total. The average Bonchev–Trinajstić information content (AvgIpc) is 2.86. The van der Waals surface area contributed by atoms with Gasteiger partial charge in [-0.15, -0.1) is 0 Å². The number of rotatable bonds is 5. The summed E-state index contributed by atoms with van der Waals surface area (Å²) in [5, 5.41) is 9.73. The standard InChI is InChI=1S/C14H15F3N2O2/c1-21-9-10(20)8-19-7-6-18-13(19)11-4-2-3-5-12(11)14(15,16)17/h2-7,10,20H,8-9H2,1H3/t10-/m1/s1. The van der Waals surface area contributed by atoms with E-state index in [0.29, 0.717) is 0 Å². The molecule has 0 spiro atoms. The summed E-state index contributed by atoms with van der Waals surface area (Å²) in [6.07, 6.45) is -2.34. The number of ether oxygens (including phenoxy) is 1. The van der Waals surface area contributed by atoms with Crippen LogP contribution >= 0.6 is 0 Å². The van der Waals surface area contributed by atoms with Gasteiger partial charge in [-0.05, 0) is 6.07 Å². The average molecular weight is 300 g/mol. The lowest BCUT2D eigenvalue weighted by Gasteiger charge is -2.16. The van der Waals surface area contributed by atoms with Gasteiger partial charge >= 0.3 is 6.18 Å². The van der Waals surface area contributed by atoms with Gasteiger partial charge in [-0.1, -0.05) is 18.2 Å². The molecule has 0 saturated carbocycles. The van der Waals surface area contributed by atoms with Crippen LogP contribution in [-0.4, -0.2) is 34.5 Å². The first-order valence-corrected chi connectivity index (χ1v) is 6.28. The normalized spacial score (nSPS) is 13.4. The molecule has 7 heteroatoms. The molecular weight excluding hydrogens is 285 g/mol. The zero-order valence-corrected chi connectivity index (χ0v) is 11.3. The van der Waals surface area contributed by atoms with Gasteiger partial charge in [-0.3, -0.25) is 0 Å². The molecule has 0 fully saturated rings. The van der Waals surface area contributed by atoms with Gasteiger partial charge in [-0.2, -0.15) is 13.2 Å². The molecule has 2 rings (SSSR count). The molecule has 1 heterocycles. The number of methoxy groups -OCH3 is 1. The highest BCUT2D eigenvalue weighted by molar-refractivity contribution is 5.61. The van der Waals surface area contributed by atoms with Crippen LogP contribution in [0.4, 0.5) is 13.2 Å². The first kappa shape index (κ1) is 15.5. The van der Waals surface area contributed by atoms with Crippen molar-refractivity contribution < 1.29 is 23.0 Å². The second kappa shape index (κ2) is 6.28. The van der Waals surface area contributed by atoms with Gasteiger partial charge in [0.15, 0.2) is 0 Å². The van der Waals surface area contributed by atoms with Gasteiger partial charge in [0.05, 0.1) is 24.8 Å². The molecule has 0 bridgehead atoms. The molecule has 0 aliphatic rings. The third-order valence-electron chi connectivity index (χ3n) is 2.96. The lowest BCUT2D eigenvalue weighted by atomic mass is 10.1. The zero-order valence-electron chi connectivity index (χ0n) is 11.3. The number of aliphatic hydroxyl groups excluding tert-OH is 1. The van der Waals surface area contributed by atoms with E-state index in [4.69, 9.17) is 4.74 Å². The van der Waals surface area contributed by atoms with Gasteiger partial charge in [0.1, 0.15) is 5.82 Å². The second-order valence-corrected chi connectivity index (χ2v) is 4.56. The Balaban J connectivity index is 2.38. The number of aliphatic hydroxyl groups is 1. The Hall–Kier alpha value is -1.86. The number of halogens is 3. The van der Waals surface area contributed by atoms with Crippen LogP contribution < -0.4 is 0 Å². The number of benzene rings is 1. The van der Waals surface area contributed by atoms with E-state index in [1.54, 1.807) is 0 Å². The summed E-state index contributed by atoms with van der Waals surface area (Å²) >= 11 is 0. The summed E-state index contributed by atoms with van der Waals surface area (Å²) in [7, 11) is 1.44. The quantitative estimate of drug-likeness (QED) is 0.923. The Morgan fingerprint density at radius 2 is 2.05 bits per heavy atom. The molecule has 0 aliphatic carbocycles. The molecule has 0 saturated heterocycles. The van der Waals surface area contributed by atoms with E-state index in [-0.39, 0.29) is 24.5 Å². The minimum absolute atomic E-state index is 0.0142. The lowest BCUT2D eigenvalue weighted by Crippen LogP contribution is -2.21. The van der Waals surface area contributed by atoms with Gasteiger partial charge in [0, 0.05) is 25.1 Å². The van der Waals surface area contributed by atoms with Crippen LogP contribution in [0.2, 0.25) is 0 Å². The maximum absolute atomic E-state index is 13.0. The van der Waals surface area contributed by atoms with Gasteiger partial charge in [-0.25, -0.2) is 4.98 Å². The lowest BCUT2D eigenvalue weighted by molar-refractivity contribution is -0.137. The van der Waals surface area contributed by atoms with Crippen molar-refractivity contribution in [1.29, 1.82) is 0 Å². The molecular formula is C14H15F3N2O2. The van der Waals surface area contributed by atoms with E-state index >= 15 is 0 Å². The number of nitrogens with zero attached hydrogens (tertiary/aromatic N) is 2. The van der Waals surface area contributed by atoms with Crippen LogP contribution in [0.5, 0.6) is 0 Å². The molecule has 0 aliphatic heterocycles. The minimum atomic E-state index is -4.46. The maximum Gasteiger partial charge on any atom is 0.417 e. The van der Waals surface area contributed by atoms with Crippen LogP contribution in [0.1, 0.15) is 5.56 Å². The fourth-order valence-electron chi connectivity index (χ4n) is 2.10. The topological polar surface area (TPSA) is 47.3 Å². The van der Waals surface area contributed by atoms with Crippen molar-refractivity contribution in [2.75, 3.05) is 13.7 Å². The Kier molecular flexibility index (Phi) is 4.64. The maximum atomic E-state index is 13.0. The first-order chi connectivity index (χ1) is 9.93. The summed E-state index contributed by atoms with van der Waals surface area (Å²) in [6, 6.07) is 5.23. The molecule has 1 aromatic carbocycles. The Bertz CT molecular complexity index is 596. The molecule has 2 aromatic rings. The van der Waals surface area contributed by atoms with Crippen LogP contribution in [0.15, 0.2) is 36.7 Å². The molecule has 1 atom stereocenters. The largest absolute Gasteiger partial charge is 0.417 e. The van der Waals surface area contributed by atoms with E-state index in [0.717, 1.165) is 6.07 Å². The summed E-state index contributed by atoms with van der Waals surface area (Å²) in [5.41, 5.74) is -0.765. The Labute approximate surface area is 119 Å². The van der Waals surface area contributed by atoms with Crippen molar-refractivity contribution in [2.45, 2.75) is 18.8 Å². The third kappa shape index (κ3) is 3.62. The minimum Gasteiger partial charge on any atom is -0.389 e. The van der Waals surface area contributed by atoms with Crippen molar-refractivity contribution in [3.05, 3.63) is 42.2 Å². The number of imidazole rings is 1. The van der Waals surface area contributed by atoms with Crippen LogP contribution in [0.3, 0.4) is 0 Å². The zero-order chi connectivity index (χ0) is 15.5. The van der Waals surface area contributed by atoms with E-state index in [9.17, 15) is 18.3 Å². The molecule has 0 radical (unpaired) electrons. The van der Waals surface area contributed by atoms with Crippen molar-refractivity contribution in [3.63, 3.8) is 0 Å². The van der Waals surface area contributed by atoms with Crippen LogP contribution in [-0.2, 0) is 17.5 Å². The van der Waals surface area contributed by atoms with Gasteiger partial charge < -0.3 is 14.4 Å². The van der Waals surface area contributed by atoms with Gasteiger partial charge in [0.25, 0.3) is 0 Å². The fraction of sp³-hybridized carbons (Fsp3) is 0.357. The Morgan fingerprint density at radius 3 is 2.71 bits per heavy atom.